The van der Waals surface area contributed by atoms with Crippen LogP contribution in [0.25, 0.3) is 0 Å². The maximum absolute atomic E-state index is 11.3. The number of hydrogen-bond donors (Lipinski definition) is 2. The highest BCUT2D eigenvalue weighted by atomic mass is 16.5. The van der Waals surface area contributed by atoms with Crippen LogP contribution in [0.1, 0.15) is 41.6 Å². The molecule has 0 bridgehead atoms. The van der Waals surface area contributed by atoms with Gasteiger partial charge < -0.3 is 20.3 Å². The first kappa shape index (κ1) is 13.7. The SMILES string of the molecule is COc1cc(C2(N)CCCC2)cc(C(=O)O)c1OC. The van der Waals surface area contributed by atoms with E-state index < -0.39 is 11.5 Å². The number of rotatable bonds is 4. The Morgan fingerprint density at radius 1 is 1.26 bits per heavy atom. The van der Waals surface area contributed by atoms with Crippen molar-refractivity contribution in [2.75, 3.05) is 14.2 Å². The Balaban J connectivity index is 2.57. The highest BCUT2D eigenvalue weighted by Crippen LogP contribution is 2.41. The molecule has 0 heterocycles. The average molecular weight is 265 g/mol. The fraction of sp³-hybridized carbons (Fsp3) is 0.500. The minimum absolute atomic E-state index is 0.0913. The van der Waals surface area contributed by atoms with E-state index in [1.807, 2.05) is 0 Å². The number of benzene rings is 1. The third-order valence-electron chi connectivity index (χ3n) is 3.78. The third kappa shape index (κ3) is 2.38. The molecule has 2 rings (SSSR count). The average Bonchev–Trinajstić information content (AvgIpc) is 2.85. The van der Waals surface area contributed by atoms with Gasteiger partial charge in [0, 0.05) is 5.54 Å². The van der Waals surface area contributed by atoms with Gasteiger partial charge in [-0.3, -0.25) is 0 Å². The van der Waals surface area contributed by atoms with Crippen LogP contribution in [0.5, 0.6) is 11.5 Å². The monoisotopic (exact) mass is 265 g/mol. The topological polar surface area (TPSA) is 81.8 Å². The summed E-state index contributed by atoms with van der Waals surface area (Å²) >= 11 is 0. The van der Waals surface area contributed by atoms with Crippen LogP contribution in [0.4, 0.5) is 0 Å². The Bertz CT molecular complexity index is 492. The number of carboxylic acids is 1. The lowest BCUT2D eigenvalue weighted by molar-refractivity contribution is 0.0692. The molecule has 1 aliphatic carbocycles. The molecule has 1 fully saturated rings. The highest BCUT2D eigenvalue weighted by Gasteiger charge is 2.33. The van der Waals surface area contributed by atoms with E-state index in [1.54, 1.807) is 12.1 Å². The van der Waals surface area contributed by atoms with Crippen molar-refractivity contribution in [3.8, 4) is 11.5 Å². The van der Waals surface area contributed by atoms with Gasteiger partial charge in [0.1, 0.15) is 5.56 Å². The van der Waals surface area contributed by atoms with Crippen molar-refractivity contribution in [2.45, 2.75) is 31.2 Å². The van der Waals surface area contributed by atoms with E-state index in [1.165, 1.54) is 14.2 Å². The lowest BCUT2D eigenvalue weighted by Gasteiger charge is -2.26. The van der Waals surface area contributed by atoms with Crippen molar-refractivity contribution in [3.05, 3.63) is 23.3 Å². The summed E-state index contributed by atoms with van der Waals surface area (Å²) in [6.07, 6.45) is 3.85. The van der Waals surface area contributed by atoms with Gasteiger partial charge in [-0.25, -0.2) is 4.79 Å². The van der Waals surface area contributed by atoms with Gasteiger partial charge in [-0.2, -0.15) is 0 Å². The second kappa shape index (κ2) is 5.09. The number of aromatic carboxylic acids is 1. The number of nitrogens with two attached hydrogens (primary N) is 1. The molecule has 0 radical (unpaired) electrons. The zero-order valence-corrected chi connectivity index (χ0v) is 11.2. The molecule has 5 heteroatoms. The maximum atomic E-state index is 11.3. The molecule has 1 aromatic carbocycles. The second-order valence-electron chi connectivity index (χ2n) is 4.93. The molecule has 0 unspecified atom stereocenters. The molecule has 0 spiro atoms. The third-order valence-corrected chi connectivity index (χ3v) is 3.78. The van der Waals surface area contributed by atoms with Gasteiger partial charge in [0.2, 0.25) is 0 Å². The Labute approximate surface area is 112 Å². The Hall–Kier alpha value is -1.75. The minimum Gasteiger partial charge on any atom is -0.493 e. The van der Waals surface area contributed by atoms with Crippen LogP contribution >= 0.6 is 0 Å². The van der Waals surface area contributed by atoms with E-state index in [4.69, 9.17) is 15.2 Å². The van der Waals surface area contributed by atoms with Crippen molar-refractivity contribution >= 4 is 5.97 Å². The van der Waals surface area contributed by atoms with Crippen LogP contribution in [0.2, 0.25) is 0 Å². The zero-order chi connectivity index (χ0) is 14.0. The first-order chi connectivity index (χ1) is 9.01. The first-order valence-electron chi connectivity index (χ1n) is 6.30. The molecule has 0 aromatic heterocycles. The fourth-order valence-electron chi connectivity index (χ4n) is 2.71. The summed E-state index contributed by atoms with van der Waals surface area (Å²) in [7, 11) is 2.92. The summed E-state index contributed by atoms with van der Waals surface area (Å²) in [6, 6.07) is 3.39. The highest BCUT2D eigenvalue weighted by molar-refractivity contribution is 5.92. The van der Waals surface area contributed by atoms with Crippen molar-refractivity contribution in [1.29, 1.82) is 0 Å². The number of ether oxygens (including phenoxy) is 2. The quantitative estimate of drug-likeness (QED) is 0.871. The van der Waals surface area contributed by atoms with Gasteiger partial charge in [-0.05, 0) is 30.5 Å². The minimum atomic E-state index is -1.04. The molecule has 0 aliphatic heterocycles. The van der Waals surface area contributed by atoms with Crippen molar-refractivity contribution in [1.82, 2.24) is 0 Å². The summed E-state index contributed by atoms with van der Waals surface area (Å²) in [6.45, 7) is 0. The van der Waals surface area contributed by atoms with Crippen LogP contribution in [0.3, 0.4) is 0 Å². The van der Waals surface area contributed by atoms with E-state index in [9.17, 15) is 9.90 Å². The fourth-order valence-corrected chi connectivity index (χ4v) is 2.71. The van der Waals surface area contributed by atoms with Crippen LogP contribution in [-0.4, -0.2) is 25.3 Å². The van der Waals surface area contributed by atoms with E-state index in [0.29, 0.717) is 5.75 Å². The zero-order valence-electron chi connectivity index (χ0n) is 11.2. The molecule has 3 N–H and O–H groups in total. The number of carboxylic acid groups (broad SMARTS) is 1. The summed E-state index contributed by atoms with van der Waals surface area (Å²) in [4.78, 5) is 11.3. The van der Waals surface area contributed by atoms with Gasteiger partial charge >= 0.3 is 5.97 Å². The summed E-state index contributed by atoms with van der Waals surface area (Å²) in [5.74, 6) is -0.395. The predicted octanol–water partition coefficient (Wildman–Crippen LogP) is 2.13. The molecule has 0 atom stereocenters. The van der Waals surface area contributed by atoms with Gasteiger partial charge in [-0.15, -0.1) is 0 Å². The van der Waals surface area contributed by atoms with Crippen LogP contribution < -0.4 is 15.2 Å². The molecule has 104 valence electrons. The molecule has 1 aliphatic rings. The van der Waals surface area contributed by atoms with Crippen LogP contribution in [-0.2, 0) is 5.54 Å². The molecular weight excluding hydrogens is 246 g/mol. The van der Waals surface area contributed by atoms with E-state index in [0.717, 1.165) is 31.2 Å². The molecule has 0 amide bonds. The standard InChI is InChI=1S/C14H19NO4/c1-18-11-8-9(14(15)5-3-4-6-14)7-10(13(16)17)12(11)19-2/h7-8H,3-6,15H2,1-2H3,(H,16,17). The molecule has 0 saturated heterocycles. The number of methoxy groups -OCH3 is 2. The van der Waals surface area contributed by atoms with Crippen LogP contribution in [0, 0.1) is 0 Å². The van der Waals surface area contributed by atoms with Crippen molar-refractivity contribution in [2.24, 2.45) is 5.73 Å². The number of hydrogen-bond acceptors (Lipinski definition) is 4. The molecule has 1 aromatic rings. The van der Waals surface area contributed by atoms with Crippen molar-refractivity contribution in [3.63, 3.8) is 0 Å². The van der Waals surface area contributed by atoms with E-state index in [2.05, 4.69) is 0 Å². The van der Waals surface area contributed by atoms with Crippen molar-refractivity contribution < 1.29 is 19.4 Å². The first-order valence-corrected chi connectivity index (χ1v) is 6.30. The predicted molar refractivity (Wildman–Crippen MR) is 70.8 cm³/mol. The molecule has 1 saturated carbocycles. The summed E-state index contributed by atoms with van der Waals surface area (Å²) in [5, 5.41) is 9.29. The smallest absolute Gasteiger partial charge is 0.339 e. The van der Waals surface area contributed by atoms with Gasteiger partial charge in [0.25, 0.3) is 0 Å². The second-order valence-corrected chi connectivity index (χ2v) is 4.93. The van der Waals surface area contributed by atoms with Gasteiger partial charge in [0.15, 0.2) is 11.5 Å². The number of carbonyl (C=O) groups is 1. The summed E-state index contributed by atoms with van der Waals surface area (Å²) < 4.78 is 10.4. The van der Waals surface area contributed by atoms with Gasteiger partial charge in [-0.1, -0.05) is 12.8 Å². The lowest BCUT2D eigenvalue weighted by Crippen LogP contribution is -2.33. The van der Waals surface area contributed by atoms with E-state index in [-0.39, 0.29) is 11.3 Å². The van der Waals surface area contributed by atoms with Gasteiger partial charge in [0.05, 0.1) is 14.2 Å². The molecule has 5 nitrogen and oxygen atoms in total. The largest absolute Gasteiger partial charge is 0.493 e. The Morgan fingerprint density at radius 3 is 2.37 bits per heavy atom. The Morgan fingerprint density at radius 2 is 1.89 bits per heavy atom. The molecule has 19 heavy (non-hydrogen) atoms. The lowest BCUT2D eigenvalue weighted by atomic mass is 9.88. The Kier molecular flexibility index (Phi) is 3.66. The normalized spacial score (nSPS) is 17.2. The summed E-state index contributed by atoms with van der Waals surface area (Å²) in [5.41, 5.74) is 6.82. The molecular formula is C14H19NO4. The van der Waals surface area contributed by atoms with Crippen LogP contribution in [0.15, 0.2) is 12.1 Å². The van der Waals surface area contributed by atoms with E-state index >= 15 is 0 Å². The maximum Gasteiger partial charge on any atom is 0.339 e.